The first-order valence-electron chi connectivity index (χ1n) is 9.09. The fraction of sp³-hybridized carbons (Fsp3) is 0.286. The Morgan fingerprint density at radius 2 is 1.66 bits per heavy atom. The second-order valence-electron chi connectivity index (χ2n) is 5.93. The molecule has 1 atom stereocenters. The van der Waals surface area contributed by atoms with E-state index in [0.29, 0.717) is 29.4 Å². The molecule has 8 heteroatoms. The predicted octanol–water partition coefficient (Wildman–Crippen LogP) is 2.39. The minimum Gasteiger partial charge on any atom is -0.495 e. The van der Waals surface area contributed by atoms with Crippen LogP contribution in [-0.4, -0.2) is 44.1 Å². The molecule has 0 spiro atoms. The van der Waals surface area contributed by atoms with Gasteiger partial charge in [0.1, 0.15) is 18.0 Å². The molecule has 0 unspecified atom stereocenters. The summed E-state index contributed by atoms with van der Waals surface area (Å²) in [6, 6.07) is 13.6. The van der Waals surface area contributed by atoms with Gasteiger partial charge in [-0.05, 0) is 38.1 Å². The molecule has 2 aromatic rings. The Morgan fingerprint density at radius 3 is 2.34 bits per heavy atom. The van der Waals surface area contributed by atoms with Gasteiger partial charge in [0.05, 0.1) is 25.0 Å². The van der Waals surface area contributed by atoms with Crippen molar-refractivity contribution in [3.8, 4) is 11.5 Å². The summed E-state index contributed by atoms with van der Waals surface area (Å²) in [4.78, 5) is 36.5. The minimum absolute atomic E-state index is 0.309. The van der Waals surface area contributed by atoms with Crippen LogP contribution in [-0.2, 0) is 14.3 Å². The molecule has 0 fully saturated rings. The maximum atomic E-state index is 12.3. The number of nitrogens with one attached hydrogen (secondary N) is 2. The molecule has 0 aliphatic heterocycles. The molecule has 29 heavy (non-hydrogen) atoms. The highest BCUT2D eigenvalue weighted by Gasteiger charge is 2.20. The monoisotopic (exact) mass is 400 g/mol. The summed E-state index contributed by atoms with van der Waals surface area (Å²) < 4.78 is 15.6. The molecule has 0 aliphatic carbocycles. The number of benzene rings is 2. The third-order valence-corrected chi connectivity index (χ3v) is 3.87. The van der Waals surface area contributed by atoms with Gasteiger partial charge in [-0.15, -0.1) is 0 Å². The lowest BCUT2D eigenvalue weighted by Gasteiger charge is -2.15. The van der Waals surface area contributed by atoms with Gasteiger partial charge in [0.25, 0.3) is 11.8 Å². The molecule has 8 nitrogen and oxygen atoms in total. The molecule has 0 saturated heterocycles. The second kappa shape index (κ2) is 10.7. The van der Waals surface area contributed by atoms with Crippen molar-refractivity contribution in [3.63, 3.8) is 0 Å². The quantitative estimate of drug-likeness (QED) is 0.627. The van der Waals surface area contributed by atoms with Crippen LogP contribution in [0.5, 0.6) is 11.5 Å². The number of para-hydroxylation sites is 3. The number of amides is 2. The number of rotatable bonds is 9. The van der Waals surface area contributed by atoms with Crippen molar-refractivity contribution in [1.82, 2.24) is 5.32 Å². The summed E-state index contributed by atoms with van der Waals surface area (Å²) in [5.74, 6) is -0.826. The van der Waals surface area contributed by atoms with E-state index in [0.717, 1.165) is 0 Å². The van der Waals surface area contributed by atoms with Crippen molar-refractivity contribution in [1.29, 1.82) is 0 Å². The third kappa shape index (κ3) is 6.24. The fourth-order valence-electron chi connectivity index (χ4n) is 2.46. The average molecular weight is 400 g/mol. The zero-order valence-corrected chi connectivity index (χ0v) is 16.6. The summed E-state index contributed by atoms with van der Waals surface area (Å²) >= 11 is 0. The first kappa shape index (κ1) is 21.7. The van der Waals surface area contributed by atoms with Crippen LogP contribution in [0.4, 0.5) is 5.69 Å². The fourth-order valence-corrected chi connectivity index (χ4v) is 2.46. The number of carbonyl (C=O) groups is 3. The zero-order valence-electron chi connectivity index (χ0n) is 16.6. The summed E-state index contributed by atoms with van der Waals surface area (Å²) in [6.45, 7) is 3.27. The third-order valence-electron chi connectivity index (χ3n) is 3.87. The first-order chi connectivity index (χ1) is 14.0. The maximum Gasteiger partial charge on any atom is 0.326 e. The molecule has 154 valence electrons. The van der Waals surface area contributed by atoms with E-state index in [9.17, 15) is 14.4 Å². The lowest BCUT2D eigenvalue weighted by Crippen LogP contribution is -2.36. The van der Waals surface area contributed by atoms with Gasteiger partial charge in [-0.3, -0.25) is 14.4 Å². The van der Waals surface area contributed by atoms with Gasteiger partial charge in [0, 0.05) is 0 Å². The van der Waals surface area contributed by atoms with E-state index in [4.69, 9.17) is 14.2 Å². The first-order valence-corrected chi connectivity index (χ1v) is 9.09. The number of carbonyl (C=O) groups excluding carboxylic acids is 3. The molecular weight excluding hydrogens is 376 g/mol. The molecule has 2 N–H and O–H groups in total. The second-order valence-corrected chi connectivity index (χ2v) is 5.93. The summed E-state index contributed by atoms with van der Waals surface area (Å²) in [7, 11) is 1.49. The zero-order chi connectivity index (χ0) is 21.2. The number of ether oxygens (including phenoxy) is 3. The number of hydrogen-bond donors (Lipinski definition) is 2. The molecule has 0 aromatic heterocycles. The molecule has 2 rings (SSSR count). The van der Waals surface area contributed by atoms with Gasteiger partial charge in [-0.25, -0.2) is 0 Å². The Bertz CT molecular complexity index is 868. The van der Waals surface area contributed by atoms with E-state index in [1.807, 2.05) is 6.92 Å². The number of hydrogen-bond acceptors (Lipinski definition) is 6. The van der Waals surface area contributed by atoms with E-state index in [1.54, 1.807) is 48.5 Å². The van der Waals surface area contributed by atoms with E-state index in [1.165, 1.54) is 14.0 Å². The summed E-state index contributed by atoms with van der Waals surface area (Å²) in [5.41, 5.74) is 0.771. The molecular formula is C21H24N2O6. The number of methoxy groups -OCH3 is 1. The van der Waals surface area contributed by atoms with Gasteiger partial charge in [-0.1, -0.05) is 24.3 Å². The largest absolute Gasteiger partial charge is 0.495 e. The Balaban J connectivity index is 1.87. The van der Waals surface area contributed by atoms with Gasteiger partial charge < -0.3 is 24.8 Å². The molecule has 0 bridgehead atoms. The van der Waals surface area contributed by atoms with Crippen LogP contribution in [0.25, 0.3) is 0 Å². The Kier molecular flexibility index (Phi) is 8.02. The molecule has 0 radical (unpaired) electrons. The molecule has 2 amide bonds. The molecule has 2 aromatic carbocycles. The number of esters is 1. The Morgan fingerprint density at radius 1 is 1.00 bits per heavy atom. The van der Waals surface area contributed by atoms with Crippen LogP contribution in [0.2, 0.25) is 0 Å². The van der Waals surface area contributed by atoms with Crippen molar-refractivity contribution in [2.75, 3.05) is 25.6 Å². The highest BCUT2D eigenvalue weighted by atomic mass is 16.5. The van der Waals surface area contributed by atoms with Crippen LogP contribution in [0.1, 0.15) is 24.2 Å². The van der Waals surface area contributed by atoms with Gasteiger partial charge in [0.15, 0.2) is 6.10 Å². The molecule has 0 saturated carbocycles. The number of anilines is 1. The van der Waals surface area contributed by atoms with E-state index < -0.39 is 23.9 Å². The van der Waals surface area contributed by atoms with Crippen LogP contribution in [0, 0.1) is 0 Å². The predicted molar refractivity (Wildman–Crippen MR) is 107 cm³/mol. The van der Waals surface area contributed by atoms with Gasteiger partial charge in [0.2, 0.25) is 0 Å². The van der Waals surface area contributed by atoms with Crippen molar-refractivity contribution in [2.24, 2.45) is 0 Å². The SMILES string of the molecule is CCOc1ccccc1C(=O)NCC(=O)O[C@H](C)C(=O)Nc1ccccc1OC. The van der Waals surface area contributed by atoms with E-state index in [2.05, 4.69) is 10.6 Å². The average Bonchev–Trinajstić information content (AvgIpc) is 2.73. The lowest BCUT2D eigenvalue weighted by molar-refractivity contribution is -0.152. The Labute approximate surface area is 169 Å². The van der Waals surface area contributed by atoms with Crippen molar-refractivity contribution >= 4 is 23.5 Å². The standard InChI is InChI=1S/C21H24N2O6/c1-4-28-17-11-7-5-9-15(17)21(26)22-13-19(24)29-14(2)20(25)23-16-10-6-8-12-18(16)27-3/h5-12,14H,4,13H2,1-3H3,(H,22,26)(H,23,25)/t14-/m1/s1. The van der Waals surface area contributed by atoms with Crippen LogP contribution >= 0.6 is 0 Å². The molecule has 0 aliphatic rings. The summed E-state index contributed by atoms with van der Waals surface area (Å²) in [6.07, 6.45) is -1.06. The van der Waals surface area contributed by atoms with Crippen LogP contribution in [0.3, 0.4) is 0 Å². The van der Waals surface area contributed by atoms with Gasteiger partial charge >= 0.3 is 5.97 Å². The van der Waals surface area contributed by atoms with E-state index >= 15 is 0 Å². The lowest BCUT2D eigenvalue weighted by atomic mass is 10.2. The highest BCUT2D eigenvalue weighted by molar-refractivity contribution is 5.99. The minimum atomic E-state index is -1.06. The highest BCUT2D eigenvalue weighted by Crippen LogP contribution is 2.23. The maximum absolute atomic E-state index is 12.3. The van der Waals surface area contributed by atoms with Crippen molar-refractivity contribution < 1.29 is 28.6 Å². The van der Waals surface area contributed by atoms with Crippen LogP contribution in [0.15, 0.2) is 48.5 Å². The normalized spacial score (nSPS) is 11.1. The smallest absolute Gasteiger partial charge is 0.326 e. The van der Waals surface area contributed by atoms with E-state index in [-0.39, 0.29) is 6.54 Å². The molecule has 0 heterocycles. The van der Waals surface area contributed by atoms with Crippen molar-refractivity contribution in [3.05, 3.63) is 54.1 Å². The Hall–Kier alpha value is -3.55. The van der Waals surface area contributed by atoms with Crippen molar-refractivity contribution in [2.45, 2.75) is 20.0 Å². The summed E-state index contributed by atoms with van der Waals surface area (Å²) in [5, 5.41) is 5.10. The van der Waals surface area contributed by atoms with Gasteiger partial charge in [-0.2, -0.15) is 0 Å². The topological polar surface area (TPSA) is 103 Å². The van der Waals surface area contributed by atoms with Crippen LogP contribution < -0.4 is 20.1 Å².